The van der Waals surface area contributed by atoms with Crippen LogP contribution in [0.4, 0.5) is 4.79 Å². The Bertz CT molecular complexity index is 562. The van der Waals surface area contributed by atoms with E-state index in [0.29, 0.717) is 13.2 Å². The lowest BCUT2D eigenvalue weighted by atomic mass is 9.96. The van der Waals surface area contributed by atoms with Crippen LogP contribution < -0.4 is 5.32 Å². The van der Waals surface area contributed by atoms with Crippen LogP contribution in [-0.2, 0) is 14.3 Å². The quantitative estimate of drug-likeness (QED) is 0.767. The zero-order chi connectivity index (χ0) is 16.2. The minimum Gasteiger partial charge on any atom is -0.374 e. The van der Waals surface area contributed by atoms with E-state index < -0.39 is 11.6 Å². The van der Waals surface area contributed by atoms with Crippen molar-refractivity contribution < 1.29 is 19.1 Å². The summed E-state index contributed by atoms with van der Waals surface area (Å²) < 4.78 is 5.71. The van der Waals surface area contributed by atoms with Gasteiger partial charge in [0.25, 0.3) is 5.91 Å². The first kappa shape index (κ1) is 14.9. The third kappa shape index (κ3) is 2.33. The number of urea groups is 1. The molecule has 0 spiro atoms. The molecule has 2 heterocycles. The monoisotopic (exact) mass is 321 g/mol. The lowest BCUT2D eigenvalue weighted by molar-refractivity contribution is -0.147. The molecule has 2 aliphatic heterocycles. The fraction of sp³-hybridized carbons (Fsp3) is 0.812. The van der Waals surface area contributed by atoms with Gasteiger partial charge in [0.2, 0.25) is 5.91 Å². The van der Waals surface area contributed by atoms with Crippen LogP contribution in [0.15, 0.2) is 0 Å². The van der Waals surface area contributed by atoms with Crippen molar-refractivity contribution in [3.05, 3.63) is 0 Å². The molecule has 4 aliphatic rings. The van der Waals surface area contributed by atoms with Crippen molar-refractivity contribution in [2.45, 2.75) is 56.7 Å². The van der Waals surface area contributed by atoms with E-state index in [0.717, 1.165) is 37.0 Å². The molecule has 3 unspecified atom stereocenters. The number of hydrogen-bond donors (Lipinski definition) is 1. The van der Waals surface area contributed by atoms with Gasteiger partial charge in [0.15, 0.2) is 0 Å². The van der Waals surface area contributed by atoms with Gasteiger partial charge < -0.3 is 15.0 Å². The minimum atomic E-state index is -0.821. The third-order valence-corrected chi connectivity index (χ3v) is 5.79. The molecule has 0 aromatic rings. The fourth-order valence-corrected chi connectivity index (χ4v) is 4.26. The number of imide groups is 1. The van der Waals surface area contributed by atoms with Crippen LogP contribution in [0.25, 0.3) is 0 Å². The molecule has 7 nitrogen and oxygen atoms in total. The van der Waals surface area contributed by atoms with Gasteiger partial charge in [-0.2, -0.15) is 0 Å². The van der Waals surface area contributed by atoms with E-state index in [-0.39, 0.29) is 36.4 Å². The van der Waals surface area contributed by atoms with Crippen molar-refractivity contribution in [1.29, 1.82) is 0 Å². The number of ether oxygens (including phenoxy) is 1. The zero-order valence-electron chi connectivity index (χ0n) is 13.4. The predicted octanol–water partition coefficient (Wildman–Crippen LogP) is 0.487. The summed E-state index contributed by atoms with van der Waals surface area (Å²) in [4.78, 5) is 40.4. The molecule has 1 N–H and O–H groups in total. The molecule has 2 aliphatic carbocycles. The maximum Gasteiger partial charge on any atom is 0.325 e. The van der Waals surface area contributed by atoms with Crippen molar-refractivity contribution in [3.63, 3.8) is 0 Å². The van der Waals surface area contributed by atoms with E-state index in [1.54, 1.807) is 6.92 Å². The first-order valence-electron chi connectivity index (χ1n) is 8.56. The first-order valence-corrected chi connectivity index (χ1v) is 8.56. The lowest BCUT2D eigenvalue weighted by Gasteiger charge is -2.38. The summed E-state index contributed by atoms with van der Waals surface area (Å²) in [6.07, 6.45) is 5.01. The Morgan fingerprint density at radius 3 is 2.83 bits per heavy atom. The molecule has 126 valence electrons. The summed E-state index contributed by atoms with van der Waals surface area (Å²) in [6.45, 7) is 2.70. The fourth-order valence-electron chi connectivity index (χ4n) is 4.26. The van der Waals surface area contributed by atoms with Crippen LogP contribution in [0, 0.1) is 5.92 Å². The van der Waals surface area contributed by atoms with Gasteiger partial charge in [-0.25, -0.2) is 4.79 Å². The average Bonchev–Trinajstić information content (AvgIpc) is 3.24. The summed E-state index contributed by atoms with van der Waals surface area (Å²) >= 11 is 0. The molecule has 4 rings (SSSR count). The summed E-state index contributed by atoms with van der Waals surface area (Å²) in [5, 5.41) is 2.79. The van der Waals surface area contributed by atoms with E-state index >= 15 is 0 Å². The van der Waals surface area contributed by atoms with Gasteiger partial charge in [0.05, 0.1) is 18.8 Å². The van der Waals surface area contributed by atoms with Crippen LogP contribution >= 0.6 is 0 Å². The topological polar surface area (TPSA) is 79.0 Å². The summed E-state index contributed by atoms with van der Waals surface area (Å²) in [7, 11) is 0. The number of nitrogens with one attached hydrogen (secondary N) is 1. The Hall–Kier alpha value is -1.63. The highest BCUT2D eigenvalue weighted by Gasteiger charge is 2.56. The normalized spacial score (nSPS) is 37.1. The lowest BCUT2D eigenvalue weighted by Crippen LogP contribution is -2.54. The van der Waals surface area contributed by atoms with Crippen molar-refractivity contribution in [2.24, 2.45) is 5.92 Å². The van der Waals surface area contributed by atoms with Gasteiger partial charge in [-0.3, -0.25) is 14.5 Å². The Kier molecular flexibility index (Phi) is 3.37. The molecule has 4 amide bonds. The second kappa shape index (κ2) is 5.19. The smallest absolute Gasteiger partial charge is 0.325 e. The Morgan fingerprint density at radius 2 is 2.09 bits per heavy atom. The summed E-state index contributed by atoms with van der Waals surface area (Å²) in [5.41, 5.74) is -0.821. The summed E-state index contributed by atoms with van der Waals surface area (Å²) in [6, 6.07) is -0.333. The second-order valence-electron chi connectivity index (χ2n) is 7.29. The van der Waals surface area contributed by atoms with Crippen LogP contribution in [0.5, 0.6) is 0 Å². The number of hydrogen-bond acceptors (Lipinski definition) is 4. The highest BCUT2D eigenvalue weighted by Crippen LogP contribution is 2.42. The van der Waals surface area contributed by atoms with E-state index in [1.807, 2.05) is 4.90 Å². The van der Waals surface area contributed by atoms with Crippen molar-refractivity contribution in [2.75, 3.05) is 19.7 Å². The molecule has 0 bridgehead atoms. The molecule has 3 atom stereocenters. The first-order chi connectivity index (χ1) is 11.0. The number of rotatable bonds is 3. The van der Waals surface area contributed by atoms with E-state index in [1.165, 1.54) is 0 Å². The van der Waals surface area contributed by atoms with Crippen molar-refractivity contribution in [1.82, 2.24) is 15.1 Å². The molecule has 4 fully saturated rings. The highest BCUT2D eigenvalue weighted by atomic mass is 16.5. The molecule has 0 radical (unpaired) electrons. The van der Waals surface area contributed by atoms with Gasteiger partial charge in [-0.15, -0.1) is 0 Å². The number of amides is 4. The molecule has 2 saturated heterocycles. The highest BCUT2D eigenvalue weighted by molar-refractivity contribution is 6.09. The predicted molar refractivity (Wildman–Crippen MR) is 80.5 cm³/mol. The van der Waals surface area contributed by atoms with Gasteiger partial charge in [0.1, 0.15) is 12.1 Å². The zero-order valence-corrected chi connectivity index (χ0v) is 13.4. The van der Waals surface area contributed by atoms with Crippen LogP contribution in [0.3, 0.4) is 0 Å². The molecule has 2 saturated carbocycles. The SMILES string of the molecule is CC1(C2CC2)NC(=O)N(CC(=O)N2CCOC3CCCC32)C1=O. The number of morpholine rings is 1. The molecule has 0 aromatic carbocycles. The average molecular weight is 321 g/mol. The van der Waals surface area contributed by atoms with Crippen LogP contribution in [0.2, 0.25) is 0 Å². The Balaban J connectivity index is 1.46. The van der Waals surface area contributed by atoms with Crippen molar-refractivity contribution >= 4 is 17.8 Å². The maximum absolute atomic E-state index is 12.7. The maximum atomic E-state index is 12.7. The van der Waals surface area contributed by atoms with Gasteiger partial charge >= 0.3 is 6.03 Å². The number of carbonyl (C=O) groups is 3. The molecule has 7 heteroatoms. The number of fused-ring (bicyclic) bond motifs is 1. The van der Waals surface area contributed by atoms with Gasteiger partial charge in [0, 0.05) is 6.54 Å². The summed E-state index contributed by atoms with van der Waals surface area (Å²) in [5.74, 6) is -0.190. The van der Waals surface area contributed by atoms with Gasteiger partial charge in [-0.1, -0.05) is 0 Å². The third-order valence-electron chi connectivity index (χ3n) is 5.79. The Morgan fingerprint density at radius 1 is 1.30 bits per heavy atom. The molecular weight excluding hydrogens is 298 g/mol. The largest absolute Gasteiger partial charge is 0.374 e. The molecule has 0 aromatic heterocycles. The standard InChI is InChI=1S/C16H23N3O4/c1-16(10-5-6-10)14(21)19(15(22)17-16)9-13(20)18-7-8-23-12-4-2-3-11(12)18/h10-12H,2-9H2,1H3,(H,17,22). The number of carbonyl (C=O) groups excluding carboxylic acids is 3. The van der Waals surface area contributed by atoms with Crippen molar-refractivity contribution in [3.8, 4) is 0 Å². The molecule has 23 heavy (non-hydrogen) atoms. The van der Waals surface area contributed by atoms with E-state index in [4.69, 9.17) is 4.74 Å². The van der Waals surface area contributed by atoms with Crippen LogP contribution in [0.1, 0.15) is 39.0 Å². The number of nitrogens with zero attached hydrogens (tertiary/aromatic N) is 2. The molecular formula is C16H23N3O4. The van der Waals surface area contributed by atoms with Gasteiger partial charge in [-0.05, 0) is 44.9 Å². The second-order valence-corrected chi connectivity index (χ2v) is 7.29. The van der Waals surface area contributed by atoms with E-state index in [2.05, 4.69) is 5.32 Å². The van der Waals surface area contributed by atoms with Crippen LogP contribution in [-0.4, -0.2) is 65.0 Å². The Labute approximate surface area is 135 Å². The minimum absolute atomic E-state index is 0.104. The van der Waals surface area contributed by atoms with E-state index in [9.17, 15) is 14.4 Å².